The first-order valence-electron chi connectivity index (χ1n) is 6.86. The minimum atomic E-state index is -0.936. The molecule has 0 fully saturated rings. The lowest BCUT2D eigenvalue weighted by molar-refractivity contribution is 0.0697. The maximum atomic E-state index is 10.9. The van der Waals surface area contributed by atoms with Gasteiger partial charge in [0.05, 0.1) is 12.7 Å². The van der Waals surface area contributed by atoms with Crippen LogP contribution in [0.3, 0.4) is 0 Å². The number of rotatable bonds is 5. The Morgan fingerprint density at radius 1 is 1.14 bits per heavy atom. The third-order valence-electron chi connectivity index (χ3n) is 3.02. The number of hydrogen-bond donors (Lipinski definition) is 1. The van der Waals surface area contributed by atoms with Crippen LogP contribution in [0.2, 0.25) is 0 Å². The van der Waals surface area contributed by atoms with E-state index < -0.39 is 5.97 Å². The van der Waals surface area contributed by atoms with Crippen molar-refractivity contribution in [3.05, 3.63) is 54.7 Å². The topological polar surface area (TPSA) is 46.5 Å². The molecule has 22 heavy (non-hydrogen) atoms. The molecule has 3 nitrogen and oxygen atoms in total. The van der Waals surface area contributed by atoms with Gasteiger partial charge in [-0.2, -0.15) is 0 Å². The molecule has 0 aliphatic carbocycles. The third kappa shape index (κ3) is 4.58. The van der Waals surface area contributed by atoms with E-state index in [1.165, 1.54) is 5.56 Å². The van der Waals surface area contributed by atoms with Gasteiger partial charge in [0.1, 0.15) is 5.75 Å². The molecule has 116 valence electrons. The van der Waals surface area contributed by atoms with Crippen molar-refractivity contribution in [3.8, 4) is 11.5 Å². The van der Waals surface area contributed by atoms with E-state index >= 15 is 0 Å². The van der Waals surface area contributed by atoms with Gasteiger partial charge in [0, 0.05) is 0 Å². The maximum Gasteiger partial charge on any atom is 0.335 e. The number of carboxylic acid groups (broad SMARTS) is 1. The molecule has 0 bridgehead atoms. The molecular weight excluding hydrogens is 506 g/mol. The zero-order valence-corrected chi connectivity index (χ0v) is 16.6. The van der Waals surface area contributed by atoms with Crippen molar-refractivity contribution in [3.63, 3.8) is 0 Å². The Hall–Kier alpha value is -0.830. The second-order valence-corrected chi connectivity index (χ2v) is 7.74. The standard InChI is InChI=1S/C17H16I2O3/c1-10(2)7-11-8-14(18)16(15(19)9-11)22-13-5-3-12(4-6-13)17(20)21/h3-6,8-10H,7H2,1-2H3,(H,20,21). The van der Waals surface area contributed by atoms with Gasteiger partial charge in [0.25, 0.3) is 0 Å². The highest BCUT2D eigenvalue weighted by Crippen LogP contribution is 2.33. The molecule has 0 atom stereocenters. The van der Waals surface area contributed by atoms with Crippen LogP contribution in [-0.2, 0) is 6.42 Å². The molecule has 0 unspecified atom stereocenters. The maximum absolute atomic E-state index is 10.9. The molecule has 0 aliphatic heterocycles. The fourth-order valence-electron chi connectivity index (χ4n) is 2.08. The second kappa shape index (κ2) is 7.63. The Labute approximate surface area is 157 Å². The molecule has 2 aromatic rings. The van der Waals surface area contributed by atoms with Crippen molar-refractivity contribution >= 4 is 51.2 Å². The van der Waals surface area contributed by atoms with Crippen molar-refractivity contribution in [2.45, 2.75) is 20.3 Å². The average Bonchev–Trinajstić information content (AvgIpc) is 2.42. The summed E-state index contributed by atoms with van der Waals surface area (Å²) in [5, 5.41) is 8.91. The number of halogens is 2. The number of carboxylic acids is 1. The van der Waals surface area contributed by atoms with Gasteiger partial charge in [-0.15, -0.1) is 0 Å². The van der Waals surface area contributed by atoms with Gasteiger partial charge in [-0.05, 0) is 99.5 Å². The number of ether oxygens (including phenoxy) is 1. The molecule has 0 aromatic heterocycles. The second-order valence-electron chi connectivity index (χ2n) is 5.42. The fraction of sp³-hybridized carbons (Fsp3) is 0.235. The van der Waals surface area contributed by atoms with E-state index in [2.05, 4.69) is 71.2 Å². The number of hydrogen-bond acceptors (Lipinski definition) is 2. The molecule has 5 heteroatoms. The Balaban J connectivity index is 2.24. The minimum Gasteiger partial charge on any atom is -0.478 e. The van der Waals surface area contributed by atoms with Crippen LogP contribution in [0.4, 0.5) is 0 Å². The molecule has 0 spiro atoms. The summed E-state index contributed by atoms with van der Waals surface area (Å²) >= 11 is 4.56. The van der Waals surface area contributed by atoms with E-state index in [0.717, 1.165) is 19.3 Å². The van der Waals surface area contributed by atoms with Crippen LogP contribution in [0.5, 0.6) is 11.5 Å². The monoisotopic (exact) mass is 522 g/mol. The summed E-state index contributed by atoms with van der Waals surface area (Å²) < 4.78 is 8.04. The lowest BCUT2D eigenvalue weighted by Crippen LogP contribution is -1.99. The largest absolute Gasteiger partial charge is 0.478 e. The first-order valence-corrected chi connectivity index (χ1v) is 9.01. The lowest BCUT2D eigenvalue weighted by atomic mass is 10.0. The normalized spacial score (nSPS) is 10.8. The SMILES string of the molecule is CC(C)Cc1cc(I)c(Oc2ccc(C(=O)O)cc2)c(I)c1. The smallest absolute Gasteiger partial charge is 0.335 e. The zero-order chi connectivity index (χ0) is 16.3. The van der Waals surface area contributed by atoms with Crippen molar-refractivity contribution in [2.75, 3.05) is 0 Å². The molecule has 0 amide bonds. The van der Waals surface area contributed by atoms with Gasteiger partial charge in [0.2, 0.25) is 0 Å². The Kier molecular flexibility index (Phi) is 6.08. The van der Waals surface area contributed by atoms with Crippen LogP contribution in [0, 0.1) is 13.1 Å². The van der Waals surface area contributed by atoms with Gasteiger partial charge in [-0.1, -0.05) is 13.8 Å². The summed E-state index contributed by atoms with van der Waals surface area (Å²) in [7, 11) is 0. The Morgan fingerprint density at radius 3 is 2.14 bits per heavy atom. The molecule has 2 rings (SSSR count). The third-order valence-corrected chi connectivity index (χ3v) is 4.63. The number of aromatic carboxylic acids is 1. The highest BCUT2D eigenvalue weighted by molar-refractivity contribution is 14.1. The molecule has 0 radical (unpaired) electrons. The first-order chi connectivity index (χ1) is 10.4. The van der Waals surface area contributed by atoms with Gasteiger partial charge >= 0.3 is 5.97 Å². The molecule has 0 heterocycles. The van der Waals surface area contributed by atoms with Gasteiger partial charge < -0.3 is 9.84 Å². The molecule has 1 N–H and O–H groups in total. The highest BCUT2D eigenvalue weighted by Gasteiger charge is 2.11. The van der Waals surface area contributed by atoms with Crippen molar-refractivity contribution in [2.24, 2.45) is 5.92 Å². The predicted molar refractivity (Wildman–Crippen MR) is 104 cm³/mol. The van der Waals surface area contributed by atoms with Crippen LogP contribution in [0.15, 0.2) is 36.4 Å². The van der Waals surface area contributed by atoms with E-state index in [0.29, 0.717) is 11.7 Å². The minimum absolute atomic E-state index is 0.254. The molecule has 0 saturated heterocycles. The van der Waals surface area contributed by atoms with Crippen LogP contribution < -0.4 is 4.74 Å². The molecule has 2 aromatic carbocycles. The summed E-state index contributed by atoms with van der Waals surface area (Å²) in [6.07, 6.45) is 1.04. The van der Waals surface area contributed by atoms with Crippen molar-refractivity contribution in [1.82, 2.24) is 0 Å². The summed E-state index contributed by atoms with van der Waals surface area (Å²) in [4.78, 5) is 10.9. The van der Waals surface area contributed by atoms with E-state index in [1.807, 2.05) is 0 Å². The summed E-state index contributed by atoms with van der Waals surface area (Å²) in [5.74, 6) is 1.13. The fourth-order valence-corrected chi connectivity index (χ4v) is 4.20. The van der Waals surface area contributed by atoms with E-state index in [-0.39, 0.29) is 5.56 Å². The van der Waals surface area contributed by atoms with Crippen molar-refractivity contribution in [1.29, 1.82) is 0 Å². The van der Waals surface area contributed by atoms with Crippen molar-refractivity contribution < 1.29 is 14.6 Å². The first kappa shape index (κ1) is 17.5. The number of benzene rings is 2. The Bertz CT molecular complexity index is 656. The van der Waals surface area contributed by atoms with Gasteiger partial charge in [-0.3, -0.25) is 0 Å². The summed E-state index contributed by atoms with van der Waals surface area (Å²) in [6, 6.07) is 10.7. The summed E-state index contributed by atoms with van der Waals surface area (Å²) in [6.45, 7) is 4.41. The zero-order valence-electron chi connectivity index (χ0n) is 12.3. The van der Waals surface area contributed by atoms with Crippen LogP contribution in [-0.4, -0.2) is 11.1 Å². The number of carbonyl (C=O) groups is 1. The quantitative estimate of drug-likeness (QED) is 0.522. The molecular formula is C17H16I2O3. The lowest BCUT2D eigenvalue weighted by Gasteiger charge is -2.13. The van der Waals surface area contributed by atoms with Crippen LogP contribution in [0.1, 0.15) is 29.8 Å². The van der Waals surface area contributed by atoms with Gasteiger partial charge in [-0.25, -0.2) is 4.79 Å². The molecule has 0 aliphatic rings. The molecule has 0 saturated carbocycles. The summed E-state index contributed by atoms with van der Waals surface area (Å²) in [5.41, 5.74) is 1.56. The van der Waals surface area contributed by atoms with E-state index in [4.69, 9.17) is 9.84 Å². The van der Waals surface area contributed by atoms with E-state index in [9.17, 15) is 4.79 Å². The van der Waals surface area contributed by atoms with Gasteiger partial charge in [0.15, 0.2) is 5.75 Å². The van der Waals surface area contributed by atoms with Crippen LogP contribution >= 0.6 is 45.2 Å². The Morgan fingerprint density at radius 2 is 1.68 bits per heavy atom. The van der Waals surface area contributed by atoms with E-state index in [1.54, 1.807) is 24.3 Å². The predicted octanol–water partition coefficient (Wildman–Crippen LogP) is 5.58. The average molecular weight is 522 g/mol. The van der Waals surface area contributed by atoms with Crippen LogP contribution in [0.25, 0.3) is 0 Å². The highest BCUT2D eigenvalue weighted by atomic mass is 127.